The number of anilines is 1. The lowest BCUT2D eigenvalue weighted by atomic mass is 9.89. The molecule has 1 aliphatic heterocycles. The number of halogens is 1. The lowest BCUT2D eigenvalue weighted by Crippen LogP contribution is -2.45. The number of nitrogens with one attached hydrogen (secondary N) is 2. The SMILES string of the molecule is O=C(Nc1ccc2[nH]c(=O)oc2c1)C(=O)N1CCC(C(=O)c2ccc([18F])cc2)CC1. The van der Waals surface area contributed by atoms with Crippen molar-refractivity contribution in [2.24, 2.45) is 5.92 Å². The fraction of sp³-hybridized carbons (Fsp3) is 0.238. The van der Waals surface area contributed by atoms with E-state index in [1.165, 1.54) is 35.2 Å². The Labute approximate surface area is 169 Å². The number of Topliss-reactive ketones (excluding diaryl/α,β-unsaturated/α-hetero) is 1. The van der Waals surface area contributed by atoms with Crippen LogP contribution < -0.4 is 11.1 Å². The molecule has 0 atom stereocenters. The Balaban J connectivity index is 1.34. The Morgan fingerprint density at radius 1 is 1.07 bits per heavy atom. The van der Waals surface area contributed by atoms with Crippen LogP contribution in [-0.2, 0) is 9.59 Å². The van der Waals surface area contributed by atoms with Crippen molar-refractivity contribution in [1.29, 1.82) is 0 Å². The summed E-state index contributed by atoms with van der Waals surface area (Å²) < 4.78 is 18.0. The zero-order valence-electron chi connectivity index (χ0n) is 15.8. The van der Waals surface area contributed by atoms with E-state index in [4.69, 9.17) is 4.42 Å². The van der Waals surface area contributed by atoms with Crippen LogP contribution in [0, 0.1) is 11.7 Å². The zero-order chi connectivity index (χ0) is 21.3. The third-order valence-corrected chi connectivity index (χ3v) is 5.15. The largest absolute Gasteiger partial charge is 0.417 e. The zero-order valence-corrected chi connectivity index (χ0v) is 15.8. The van der Waals surface area contributed by atoms with Gasteiger partial charge in [0, 0.05) is 36.3 Å². The van der Waals surface area contributed by atoms with Gasteiger partial charge in [-0.05, 0) is 49.2 Å². The van der Waals surface area contributed by atoms with Gasteiger partial charge in [-0.15, -0.1) is 0 Å². The van der Waals surface area contributed by atoms with E-state index in [9.17, 15) is 23.6 Å². The summed E-state index contributed by atoms with van der Waals surface area (Å²) in [6.07, 6.45) is 0.853. The minimum Gasteiger partial charge on any atom is -0.408 e. The van der Waals surface area contributed by atoms with Crippen LogP contribution in [0.25, 0.3) is 11.1 Å². The van der Waals surface area contributed by atoms with E-state index in [1.807, 2.05) is 0 Å². The third-order valence-electron chi connectivity index (χ3n) is 5.15. The van der Waals surface area contributed by atoms with Gasteiger partial charge in [0.25, 0.3) is 0 Å². The van der Waals surface area contributed by atoms with Gasteiger partial charge in [0.1, 0.15) is 5.82 Å². The van der Waals surface area contributed by atoms with Crippen molar-refractivity contribution >= 4 is 34.4 Å². The summed E-state index contributed by atoms with van der Waals surface area (Å²) in [6.45, 7) is 0.547. The third kappa shape index (κ3) is 4.00. The van der Waals surface area contributed by atoms with Crippen molar-refractivity contribution in [1.82, 2.24) is 9.88 Å². The minimum atomic E-state index is -0.810. The molecule has 8 nitrogen and oxygen atoms in total. The number of ketones is 1. The molecule has 0 spiro atoms. The number of piperidine rings is 1. The molecule has 1 aromatic heterocycles. The number of amides is 2. The quantitative estimate of drug-likeness (QED) is 0.508. The maximum atomic E-state index is 13.0. The number of rotatable bonds is 3. The standard InChI is InChI=1S/C21H18FN3O5/c22-14-3-1-12(2-4-14)18(26)13-7-9-25(10-8-13)20(28)19(27)23-15-5-6-16-17(11-15)30-21(29)24-16/h1-6,11,13H,7-10H2,(H,23,27)(H,24,29)/i22-1. The number of carbonyl (C=O) groups excluding carboxylic acids is 3. The number of fused-ring (bicyclic) bond motifs is 1. The first-order valence-electron chi connectivity index (χ1n) is 9.43. The molecule has 1 fully saturated rings. The number of benzene rings is 2. The van der Waals surface area contributed by atoms with Crippen LogP contribution >= 0.6 is 0 Å². The van der Waals surface area contributed by atoms with Crippen molar-refractivity contribution in [3.63, 3.8) is 0 Å². The van der Waals surface area contributed by atoms with Crippen molar-refractivity contribution < 1.29 is 23.2 Å². The van der Waals surface area contributed by atoms with Crippen molar-refractivity contribution in [3.8, 4) is 0 Å². The number of carbonyl (C=O) groups is 3. The van der Waals surface area contributed by atoms with Crippen LogP contribution in [0.4, 0.5) is 10.1 Å². The summed E-state index contributed by atoms with van der Waals surface area (Å²) in [5, 5.41) is 2.50. The summed E-state index contributed by atoms with van der Waals surface area (Å²) in [7, 11) is 0. The van der Waals surface area contributed by atoms with E-state index >= 15 is 0 Å². The number of hydrogen-bond acceptors (Lipinski definition) is 5. The normalized spacial score (nSPS) is 14.6. The maximum absolute atomic E-state index is 13.0. The first kappa shape index (κ1) is 19.6. The monoisotopic (exact) mass is 410 g/mol. The Morgan fingerprint density at radius 3 is 2.47 bits per heavy atom. The highest BCUT2D eigenvalue weighted by atomic mass is 18.2. The first-order valence-corrected chi connectivity index (χ1v) is 9.43. The molecule has 1 saturated heterocycles. The van der Waals surface area contributed by atoms with Gasteiger partial charge in [0.05, 0.1) is 5.52 Å². The van der Waals surface area contributed by atoms with E-state index < -0.39 is 23.4 Å². The average molecular weight is 410 g/mol. The molecule has 1 aliphatic rings. The molecule has 9 heteroatoms. The first-order chi connectivity index (χ1) is 14.4. The molecule has 0 bridgehead atoms. The van der Waals surface area contributed by atoms with Crippen LogP contribution in [0.15, 0.2) is 51.7 Å². The molecule has 3 aromatic rings. The molecule has 0 radical (unpaired) electrons. The second-order valence-electron chi connectivity index (χ2n) is 7.12. The van der Waals surface area contributed by atoms with Crippen LogP contribution in [0.5, 0.6) is 0 Å². The predicted octanol–water partition coefficient (Wildman–Crippen LogP) is 2.32. The number of likely N-dealkylation sites (tertiary alicyclic amines) is 1. The summed E-state index contributed by atoms with van der Waals surface area (Å²) in [5.41, 5.74) is 1.51. The Hall–Kier alpha value is -3.75. The van der Waals surface area contributed by atoms with Gasteiger partial charge in [-0.1, -0.05) is 0 Å². The van der Waals surface area contributed by atoms with Gasteiger partial charge in [0.15, 0.2) is 11.4 Å². The Kier molecular flexibility index (Phi) is 5.18. The number of aromatic amines is 1. The molecule has 30 heavy (non-hydrogen) atoms. The van der Waals surface area contributed by atoms with Gasteiger partial charge >= 0.3 is 17.6 Å². The highest BCUT2D eigenvalue weighted by Crippen LogP contribution is 2.23. The van der Waals surface area contributed by atoms with Crippen LogP contribution in [-0.4, -0.2) is 40.6 Å². The molecule has 0 unspecified atom stereocenters. The topological polar surface area (TPSA) is 112 Å². The summed E-state index contributed by atoms with van der Waals surface area (Å²) >= 11 is 0. The highest BCUT2D eigenvalue weighted by Gasteiger charge is 2.30. The lowest BCUT2D eigenvalue weighted by Gasteiger charge is -2.30. The molecule has 154 valence electrons. The molecular formula is C21H18FN3O5. The summed E-state index contributed by atoms with van der Waals surface area (Å²) in [6, 6.07) is 9.95. The lowest BCUT2D eigenvalue weighted by molar-refractivity contribution is -0.144. The fourth-order valence-corrected chi connectivity index (χ4v) is 3.55. The molecule has 2 amide bonds. The van der Waals surface area contributed by atoms with Crippen molar-refractivity contribution in [3.05, 3.63) is 64.4 Å². The molecule has 0 saturated carbocycles. The van der Waals surface area contributed by atoms with Gasteiger partial charge in [0.2, 0.25) is 0 Å². The van der Waals surface area contributed by atoms with Gasteiger partial charge in [-0.2, -0.15) is 0 Å². The van der Waals surface area contributed by atoms with E-state index in [2.05, 4.69) is 10.3 Å². The molecule has 2 aromatic carbocycles. The van der Waals surface area contributed by atoms with E-state index in [-0.39, 0.29) is 30.4 Å². The van der Waals surface area contributed by atoms with Crippen molar-refractivity contribution in [2.45, 2.75) is 12.8 Å². The highest BCUT2D eigenvalue weighted by molar-refractivity contribution is 6.39. The number of hydrogen-bond donors (Lipinski definition) is 2. The van der Waals surface area contributed by atoms with Gasteiger partial charge in [-0.25, -0.2) is 9.18 Å². The summed E-state index contributed by atoms with van der Waals surface area (Å²) in [5.74, 6) is -2.89. The number of nitrogens with zero attached hydrogens (tertiary/aromatic N) is 1. The molecule has 0 aliphatic carbocycles. The molecule has 4 rings (SSSR count). The van der Waals surface area contributed by atoms with Crippen LogP contribution in [0.2, 0.25) is 0 Å². The Bertz CT molecular complexity index is 1170. The van der Waals surface area contributed by atoms with E-state index in [0.717, 1.165) is 0 Å². The van der Waals surface area contributed by atoms with E-state index in [1.54, 1.807) is 12.1 Å². The summed E-state index contributed by atoms with van der Waals surface area (Å²) in [4.78, 5) is 52.4. The van der Waals surface area contributed by atoms with Crippen LogP contribution in [0.1, 0.15) is 23.2 Å². The predicted molar refractivity (Wildman–Crippen MR) is 105 cm³/mol. The van der Waals surface area contributed by atoms with Crippen LogP contribution in [0.3, 0.4) is 0 Å². The van der Waals surface area contributed by atoms with Gasteiger partial charge in [-0.3, -0.25) is 19.4 Å². The smallest absolute Gasteiger partial charge is 0.408 e. The fourth-order valence-electron chi connectivity index (χ4n) is 3.55. The van der Waals surface area contributed by atoms with E-state index in [0.29, 0.717) is 29.6 Å². The second-order valence-corrected chi connectivity index (χ2v) is 7.12. The number of H-pyrrole nitrogens is 1. The van der Waals surface area contributed by atoms with Crippen molar-refractivity contribution in [2.75, 3.05) is 18.4 Å². The average Bonchev–Trinajstić information content (AvgIpc) is 3.12. The number of aromatic nitrogens is 1. The maximum Gasteiger partial charge on any atom is 0.417 e. The Morgan fingerprint density at radius 2 is 1.77 bits per heavy atom. The van der Waals surface area contributed by atoms with Gasteiger partial charge < -0.3 is 14.6 Å². The second kappa shape index (κ2) is 7.94. The minimum absolute atomic E-state index is 0.0900. The molecular weight excluding hydrogens is 392 g/mol. The molecule has 2 N–H and O–H groups in total. The molecule has 2 heterocycles. The number of oxazole rings is 1.